The molecule has 0 bridgehead atoms. The molecule has 1 aromatic carbocycles. The minimum atomic E-state index is -0.181. The molecular weight excluding hydrogens is 322 g/mol. The average molecular weight is 334 g/mol. The quantitative estimate of drug-likeness (QED) is 0.800. The van der Waals surface area contributed by atoms with Crippen molar-refractivity contribution in [3.8, 4) is 0 Å². The van der Waals surface area contributed by atoms with Crippen molar-refractivity contribution in [3.05, 3.63) is 57.1 Å². The maximum absolute atomic E-state index is 11.7. The first-order valence-corrected chi connectivity index (χ1v) is 6.87. The third kappa shape index (κ3) is 2.34. The highest BCUT2D eigenvalue weighted by atomic mass is 79.9. The van der Waals surface area contributed by atoms with Gasteiger partial charge in [0.15, 0.2) is 0 Å². The first-order valence-electron chi connectivity index (χ1n) is 6.08. The first-order chi connectivity index (χ1) is 9.65. The SMILES string of the molecule is Cn1ncc(NCc2cc3ccccc3o2)c(Br)c1=O. The number of aryl methyl sites for hydroxylation is 1. The molecule has 5 nitrogen and oxygen atoms in total. The van der Waals surface area contributed by atoms with E-state index in [4.69, 9.17) is 4.42 Å². The minimum absolute atomic E-state index is 0.181. The second-order valence-corrected chi connectivity index (χ2v) is 5.20. The monoisotopic (exact) mass is 333 g/mol. The summed E-state index contributed by atoms with van der Waals surface area (Å²) in [6.45, 7) is 0.488. The van der Waals surface area contributed by atoms with Gasteiger partial charge < -0.3 is 9.73 Å². The normalized spacial score (nSPS) is 10.9. The summed E-state index contributed by atoms with van der Waals surface area (Å²) in [5.41, 5.74) is 1.32. The highest BCUT2D eigenvalue weighted by molar-refractivity contribution is 9.10. The summed E-state index contributed by atoms with van der Waals surface area (Å²) in [4.78, 5) is 11.7. The van der Waals surface area contributed by atoms with E-state index in [0.717, 1.165) is 16.7 Å². The number of benzene rings is 1. The van der Waals surface area contributed by atoms with Crippen LogP contribution in [-0.4, -0.2) is 9.78 Å². The van der Waals surface area contributed by atoms with Crippen molar-refractivity contribution in [1.29, 1.82) is 0 Å². The van der Waals surface area contributed by atoms with Crippen LogP contribution < -0.4 is 10.9 Å². The maximum atomic E-state index is 11.7. The van der Waals surface area contributed by atoms with Gasteiger partial charge in [-0.15, -0.1) is 0 Å². The summed E-state index contributed by atoms with van der Waals surface area (Å²) in [5, 5.41) is 8.18. The number of halogens is 1. The summed E-state index contributed by atoms with van der Waals surface area (Å²) in [6.07, 6.45) is 1.61. The number of hydrogen-bond donors (Lipinski definition) is 1. The molecule has 0 saturated heterocycles. The summed E-state index contributed by atoms with van der Waals surface area (Å²) in [6, 6.07) is 9.80. The third-order valence-corrected chi connectivity index (χ3v) is 3.77. The van der Waals surface area contributed by atoms with Gasteiger partial charge in [0.25, 0.3) is 5.56 Å². The van der Waals surface area contributed by atoms with Gasteiger partial charge in [0.1, 0.15) is 15.8 Å². The molecule has 102 valence electrons. The van der Waals surface area contributed by atoms with Crippen LogP contribution in [0.25, 0.3) is 11.0 Å². The summed E-state index contributed by atoms with van der Waals surface area (Å²) in [5.74, 6) is 0.804. The highest BCUT2D eigenvalue weighted by Crippen LogP contribution is 2.21. The largest absolute Gasteiger partial charge is 0.459 e. The van der Waals surface area contributed by atoms with E-state index in [0.29, 0.717) is 16.7 Å². The number of nitrogens with zero attached hydrogens (tertiary/aromatic N) is 2. The van der Waals surface area contributed by atoms with Crippen molar-refractivity contribution in [2.75, 3.05) is 5.32 Å². The Kier molecular flexibility index (Phi) is 3.31. The van der Waals surface area contributed by atoms with Crippen LogP contribution in [0.15, 0.2) is 50.2 Å². The third-order valence-electron chi connectivity index (χ3n) is 3.01. The summed E-state index contributed by atoms with van der Waals surface area (Å²) >= 11 is 3.27. The Morgan fingerprint density at radius 2 is 2.20 bits per heavy atom. The predicted octanol–water partition coefficient (Wildman–Crippen LogP) is 2.90. The minimum Gasteiger partial charge on any atom is -0.459 e. The predicted molar refractivity (Wildman–Crippen MR) is 80.7 cm³/mol. The van der Waals surface area contributed by atoms with Crippen molar-refractivity contribution < 1.29 is 4.42 Å². The van der Waals surface area contributed by atoms with E-state index in [1.165, 1.54) is 4.68 Å². The van der Waals surface area contributed by atoms with Crippen molar-refractivity contribution in [3.63, 3.8) is 0 Å². The van der Waals surface area contributed by atoms with Gasteiger partial charge in [0, 0.05) is 12.4 Å². The van der Waals surface area contributed by atoms with Gasteiger partial charge in [0.05, 0.1) is 18.4 Å². The molecule has 0 spiro atoms. The van der Waals surface area contributed by atoms with E-state index in [1.807, 2.05) is 30.3 Å². The van der Waals surface area contributed by atoms with Gasteiger partial charge in [-0.05, 0) is 28.1 Å². The smallest absolute Gasteiger partial charge is 0.282 e. The Balaban J connectivity index is 1.83. The van der Waals surface area contributed by atoms with Crippen LogP contribution in [0.1, 0.15) is 5.76 Å². The van der Waals surface area contributed by atoms with E-state index in [9.17, 15) is 4.79 Å². The molecule has 0 aliphatic rings. The molecule has 6 heteroatoms. The van der Waals surface area contributed by atoms with Crippen LogP contribution in [0.2, 0.25) is 0 Å². The van der Waals surface area contributed by atoms with Gasteiger partial charge in [-0.3, -0.25) is 4.79 Å². The van der Waals surface area contributed by atoms with Crippen LogP contribution in [0.4, 0.5) is 5.69 Å². The van der Waals surface area contributed by atoms with Crippen LogP contribution in [0.3, 0.4) is 0 Å². The molecule has 2 heterocycles. The molecule has 2 aromatic heterocycles. The topological polar surface area (TPSA) is 60.1 Å². The van der Waals surface area contributed by atoms with Crippen molar-refractivity contribution in [1.82, 2.24) is 9.78 Å². The number of aromatic nitrogens is 2. The highest BCUT2D eigenvalue weighted by Gasteiger charge is 2.08. The zero-order valence-electron chi connectivity index (χ0n) is 10.8. The molecule has 0 aliphatic heterocycles. The Bertz CT molecular complexity index is 790. The molecule has 0 saturated carbocycles. The molecule has 0 unspecified atom stereocenters. The lowest BCUT2D eigenvalue weighted by molar-refractivity contribution is 0.559. The van der Waals surface area contributed by atoms with Crippen molar-refractivity contribution in [2.24, 2.45) is 7.05 Å². The number of rotatable bonds is 3. The van der Waals surface area contributed by atoms with E-state index < -0.39 is 0 Å². The van der Waals surface area contributed by atoms with Crippen LogP contribution in [0, 0.1) is 0 Å². The first kappa shape index (κ1) is 12.9. The fraction of sp³-hybridized carbons (Fsp3) is 0.143. The van der Waals surface area contributed by atoms with E-state index in [1.54, 1.807) is 13.2 Å². The summed E-state index contributed by atoms with van der Waals surface area (Å²) in [7, 11) is 1.61. The van der Waals surface area contributed by atoms with Gasteiger partial charge in [0.2, 0.25) is 0 Å². The van der Waals surface area contributed by atoms with Gasteiger partial charge in [-0.25, -0.2) is 4.68 Å². The summed E-state index contributed by atoms with van der Waals surface area (Å²) < 4.78 is 7.44. The van der Waals surface area contributed by atoms with Crippen molar-refractivity contribution >= 4 is 32.6 Å². The standard InChI is InChI=1S/C14H12BrN3O2/c1-18-14(19)13(15)11(8-17-18)16-7-10-6-9-4-2-3-5-12(9)20-10/h2-6,8,16H,7H2,1H3. The Hall–Kier alpha value is -2.08. The average Bonchev–Trinajstić information content (AvgIpc) is 2.87. The molecule has 3 aromatic rings. The lowest BCUT2D eigenvalue weighted by Gasteiger charge is -2.06. The number of fused-ring (bicyclic) bond motifs is 1. The molecule has 0 fully saturated rings. The van der Waals surface area contributed by atoms with Gasteiger partial charge >= 0.3 is 0 Å². The fourth-order valence-electron chi connectivity index (χ4n) is 1.94. The maximum Gasteiger partial charge on any atom is 0.282 e. The molecule has 0 amide bonds. The fourth-order valence-corrected chi connectivity index (χ4v) is 2.44. The zero-order chi connectivity index (χ0) is 14.1. The van der Waals surface area contributed by atoms with Gasteiger partial charge in [-0.2, -0.15) is 5.10 Å². The van der Waals surface area contributed by atoms with Crippen LogP contribution in [-0.2, 0) is 13.6 Å². The van der Waals surface area contributed by atoms with Crippen molar-refractivity contribution in [2.45, 2.75) is 6.54 Å². The Morgan fingerprint density at radius 1 is 1.40 bits per heavy atom. The number of para-hydroxylation sites is 1. The molecule has 0 aliphatic carbocycles. The molecular formula is C14H12BrN3O2. The second-order valence-electron chi connectivity index (χ2n) is 4.41. The molecule has 0 radical (unpaired) electrons. The van der Waals surface area contributed by atoms with Crippen LogP contribution >= 0.6 is 15.9 Å². The Labute approximate surface area is 123 Å². The number of nitrogens with one attached hydrogen (secondary N) is 1. The molecule has 0 atom stereocenters. The number of anilines is 1. The Morgan fingerprint density at radius 3 is 3.00 bits per heavy atom. The lowest BCUT2D eigenvalue weighted by Crippen LogP contribution is -2.21. The van der Waals surface area contributed by atoms with Crippen LogP contribution in [0.5, 0.6) is 0 Å². The lowest BCUT2D eigenvalue weighted by atomic mass is 10.2. The zero-order valence-corrected chi connectivity index (χ0v) is 12.3. The molecule has 20 heavy (non-hydrogen) atoms. The molecule has 3 rings (SSSR count). The second kappa shape index (κ2) is 5.13. The molecule has 1 N–H and O–H groups in total. The van der Waals surface area contributed by atoms with Gasteiger partial charge in [-0.1, -0.05) is 18.2 Å². The number of hydrogen-bond acceptors (Lipinski definition) is 4. The number of furan rings is 1. The van der Waals surface area contributed by atoms with E-state index >= 15 is 0 Å². The van der Waals surface area contributed by atoms with E-state index in [2.05, 4.69) is 26.3 Å². The van der Waals surface area contributed by atoms with E-state index in [-0.39, 0.29) is 5.56 Å².